The second-order valence-electron chi connectivity index (χ2n) is 4.39. The zero-order valence-corrected chi connectivity index (χ0v) is 11.5. The highest BCUT2D eigenvalue weighted by atomic mass is 16.5. The molecule has 0 aromatic heterocycles. The van der Waals surface area contributed by atoms with E-state index in [-0.39, 0.29) is 36.5 Å². The minimum atomic E-state index is -0.979. The number of allylic oxidation sites excluding steroid dienone is 1. The molecular formula is C15H16O6. The third-order valence-corrected chi connectivity index (χ3v) is 2.49. The van der Waals surface area contributed by atoms with Crippen molar-refractivity contribution in [2.24, 2.45) is 0 Å². The van der Waals surface area contributed by atoms with Gasteiger partial charge in [0.2, 0.25) is 0 Å². The molecule has 0 saturated carbocycles. The minimum absolute atomic E-state index is 0.00435. The number of carbonyl (C=O) groups is 3. The van der Waals surface area contributed by atoms with Gasteiger partial charge in [-0.3, -0.25) is 14.4 Å². The summed E-state index contributed by atoms with van der Waals surface area (Å²) in [5, 5.41) is 18.2. The van der Waals surface area contributed by atoms with Crippen molar-refractivity contribution in [3.8, 4) is 11.5 Å². The van der Waals surface area contributed by atoms with Gasteiger partial charge in [0.05, 0.1) is 0 Å². The molecule has 0 radical (unpaired) electrons. The largest absolute Gasteiger partial charge is 0.504 e. The number of benzene rings is 1. The first-order valence-corrected chi connectivity index (χ1v) is 6.32. The number of hydrogen-bond acceptors (Lipinski definition) is 5. The van der Waals surface area contributed by atoms with Crippen LogP contribution in [0, 0.1) is 0 Å². The maximum absolute atomic E-state index is 11.5. The van der Waals surface area contributed by atoms with Crippen LogP contribution in [0.5, 0.6) is 11.5 Å². The van der Waals surface area contributed by atoms with Gasteiger partial charge in [0, 0.05) is 12.8 Å². The number of carbonyl (C=O) groups excluding carboxylic acids is 2. The Balaban J connectivity index is 2.62. The molecule has 6 nitrogen and oxygen atoms in total. The molecule has 0 fully saturated rings. The van der Waals surface area contributed by atoms with Crippen molar-refractivity contribution in [2.45, 2.75) is 26.2 Å². The summed E-state index contributed by atoms with van der Waals surface area (Å²) in [4.78, 5) is 32.6. The molecule has 0 aliphatic rings. The Morgan fingerprint density at radius 2 is 1.95 bits per heavy atom. The lowest BCUT2D eigenvalue weighted by Gasteiger charge is -2.06. The molecule has 112 valence electrons. The molecule has 1 aromatic rings. The normalized spacial score (nSPS) is 10.5. The van der Waals surface area contributed by atoms with E-state index >= 15 is 0 Å². The van der Waals surface area contributed by atoms with Crippen LogP contribution in [-0.2, 0) is 14.4 Å². The number of esters is 1. The lowest BCUT2D eigenvalue weighted by atomic mass is 10.1. The molecule has 6 heteroatoms. The molecule has 0 unspecified atom stereocenters. The number of phenols is 1. The van der Waals surface area contributed by atoms with E-state index < -0.39 is 11.9 Å². The monoisotopic (exact) mass is 292 g/mol. The predicted octanol–water partition coefficient (Wildman–Crippen LogP) is 2.15. The number of aliphatic carboxylic acids is 1. The first-order chi connectivity index (χ1) is 9.88. The summed E-state index contributed by atoms with van der Waals surface area (Å²) in [6, 6.07) is 4.35. The van der Waals surface area contributed by atoms with Crippen molar-refractivity contribution in [3.05, 3.63) is 29.8 Å². The zero-order chi connectivity index (χ0) is 15.8. The molecule has 1 aromatic carbocycles. The molecule has 0 saturated heterocycles. The number of carboxylic acid groups (broad SMARTS) is 1. The summed E-state index contributed by atoms with van der Waals surface area (Å²) < 4.78 is 4.93. The van der Waals surface area contributed by atoms with E-state index in [4.69, 9.17) is 9.84 Å². The second-order valence-corrected chi connectivity index (χ2v) is 4.39. The van der Waals surface area contributed by atoms with Crippen molar-refractivity contribution in [3.63, 3.8) is 0 Å². The molecule has 1 rings (SSSR count). The van der Waals surface area contributed by atoms with Crippen LogP contribution in [0.1, 0.15) is 31.7 Å². The first kappa shape index (κ1) is 16.4. The smallest absolute Gasteiger partial charge is 0.311 e. The van der Waals surface area contributed by atoms with E-state index in [1.807, 2.05) is 0 Å². The summed E-state index contributed by atoms with van der Waals surface area (Å²) in [5.74, 6) is -1.95. The topological polar surface area (TPSA) is 101 Å². The fourth-order valence-corrected chi connectivity index (χ4v) is 1.50. The predicted molar refractivity (Wildman–Crippen MR) is 74.9 cm³/mol. The van der Waals surface area contributed by atoms with Gasteiger partial charge in [-0.15, -0.1) is 0 Å². The molecule has 0 heterocycles. The molecule has 0 spiro atoms. The molecule has 21 heavy (non-hydrogen) atoms. The van der Waals surface area contributed by atoms with Gasteiger partial charge in [-0.2, -0.15) is 0 Å². The van der Waals surface area contributed by atoms with Gasteiger partial charge in [0.15, 0.2) is 17.3 Å². The van der Waals surface area contributed by atoms with Crippen molar-refractivity contribution in [1.82, 2.24) is 0 Å². The molecular weight excluding hydrogens is 276 g/mol. The summed E-state index contributed by atoms with van der Waals surface area (Å²) in [7, 11) is 0. The van der Waals surface area contributed by atoms with Crippen LogP contribution in [0.15, 0.2) is 24.3 Å². The molecule has 0 atom stereocenters. The highest BCUT2D eigenvalue weighted by Gasteiger charge is 2.10. The average Bonchev–Trinajstić information content (AvgIpc) is 2.38. The van der Waals surface area contributed by atoms with E-state index in [1.165, 1.54) is 31.2 Å². The van der Waals surface area contributed by atoms with Gasteiger partial charge in [0.25, 0.3) is 0 Å². The number of carboxylic acids is 1. The Labute approximate surface area is 121 Å². The zero-order valence-electron chi connectivity index (χ0n) is 11.5. The van der Waals surface area contributed by atoms with Gasteiger partial charge >= 0.3 is 11.9 Å². The van der Waals surface area contributed by atoms with Crippen molar-refractivity contribution < 1.29 is 29.3 Å². The number of aromatic hydroxyl groups is 1. The fraction of sp³-hybridized carbons (Fsp3) is 0.267. The van der Waals surface area contributed by atoms with Gasteiger partial charge < -0.3 is 14.9 Å². The fourth-order valence-electron chi connectivity index (χ4n) is 1.50. The van der Waals surface area contributed by atoms with Crippen LogP contribution in [-0.4, -0.2) is 27.9 Å². The van der Waals surface area contributed by atoms with E-state index in [0.717, 1.165) is 0 Å². The summed E-state index contributed by atoms with van der Waals surface area (Å²) in [5.41, 5.74) is 0.591. The van der Waals surface area contributed by atoms with E-state index in [2.05, 4.69) is 0 Å². The number of phenolic OH excluding ortho intramolecular Hbond substituents is 1. The summed E-state index contributed by atoms with van der Waals surface area (Å²) >= 11 is 0. The number of rotatable bonds is 7. The molecule has 2 N–H and O–H groups in total. The maximum Gasteiger partial charge on any atom is 0.311 e. The Morgan fingerprint density at radius 3 is 2.52 bits per heavy atom. The molecule has 0 bridgehead atoms. The highest BCUT2D eigenvalue weighted by Crippen LogP contribution is 2.27. The van der Waals surface area contributed by atoms with Crippen LogP contribution in [0.4, 0.5) is 0 Å². The van der Waals surface area contributed by atoms with Gasteiger partial charge in [0.1, 0.15) is 0 Å². The molecule has 0 aliphatic carbocycles. The van der Waals surface area contributed by atoms with E-state index in [9.17, 15) is 19.5 Å². The summed E-state index contributed by atoms with van der Waals surface area (Å²) in [6.07, 6.45) is 2.90. The Morgan fingerprint density at radius 1 is 1.24 bits per heavy atom. The SMILES string of the molecule is CC(=O)/C=C/c1ccc(OC(=O)CCCC(=O)O)c(O)c1. The number of ketones is 1. The Kier molecular flexibility index (Phi) is 6.13. The van der Waals surface area contributed by atoms with Crippen molar-refractivity contribution >= 4 is 23.8 Å². The molecule has 0 amide bonds. The van der Waals surface area contributed by atoms with Crippen LogP contribution >= 0.6 is 0 Å². The summed E-state index contributed by atoms with van der Waals surface area (Å²) in [6.45, 7) is 1.41. The van der Waals surface area contributed by atoms with Crippen LogP contribution < -0.4 is 4.74 Å². The van der Waals surface area contributed by atoms with Crippen LogP contribution in [0.25, 0.3) is 6.08 Å². The quantitative estimate of drug-likeness (QED) is 0.453. The number of ether oxygens (including phenoxy) is 1. The third kappa shape index (κ3) is 6.38. The lowest BCUT2D eigenvalue weighted by molar-refractivity contribution is -0.137. The van der Waals surface area contributed by atoms with Crippen LogP contribution in [0.2, 0.25) is 0 Å². The van der Waals surface area contributed by atoms with E-state index in [0.29, 0.717) is 5.56 Å². The molecule has 0 aliphatic heterocycles. The Bertz CT molecular complexity index is 574. The highest BCUT2D eigenvalue weighted by molar-refractivity contribution is 5.91. The number of hydrogen-bond donors (Lipinski definition) is 2. The van der Waals surface area contributed by atoms with Gasteiger partial charge in [-0.25, -0.2) is 0 Å². The van der Waals surface area contributed by atoms with Crippen molar-refractivity contribution in [1.29, 1.82) is 0 Å². The second kappa shape index (κ2) is 7.84. The Hall–Kier alpha value is -2.63. The standard InChI is InChI=1S/C15H16O6/c1-10(16)5-6-11-7-8-13(12(17)9-11)21-15(20)4-2-3-14(18)19/h5-9,17H,2-4H2,1H3,(H,18,19)/b6-5+. The van der Waals surface area contributed by atoms with Gasteiger partial charge in [-0.05, 0) is 37.1 Å². The third-order valence-electron chi connectivity index (χ3n) is 2.49. The van der Waals surface area contributed by atoms with E-state index in [1.54, 1.807) is 6.07 Å². The lowest BCUT2D eigenvalue weighted by Crippen LogP contribution is -2.08. The maximum atomic E-state index is 11.5. The van der Waals surface area contributed by atoms with Crippen LogP contribution in [0.3, 0.4) is 0 Å². The minimum Gasteiger partial charge on any atom is -0.504 e. The van der Waals surface area contributed by atoms with Crippen molar-refractivity contribution in [2.75, 3.05) is 0 Å². The van der Waals surface area contributed by atoms with Gasteiger partial charge in [-0.1, -0.05) is 12.1 Å². The average molecular weight is 292 g/mol. The first-order valence-electron chi connectivity index (χ1n) is 6.32.